The van der Waals surface area contributed by atoms with Crippen LogP contribution in [0.2, 0.25) is 0 Å². The number of piperidine rings is 1. The van der Waals surface area contributed by atoms with Crippen LogP contribution >= 0.6 is 12.4 Å². The van der Waals surface area contributed by atoms with E-state index in [-0.39, 0.29) is 29.9 Å². The molecule has 0 radical (unpaired) electrons. The van der Waals surface area contributed by atoms with Crippen molar-refractivity contribution in [1.82, 2.24) is 20.4 Å². The van der Waals surface area contributed by atoms with Crippen molar-refractivity contribution < 1.29 is 13.6 Å². The molecule has 142 valence electrons. The minimum atomic E-state index is -0.661. The van der Waals surface area contributed by atoms with Crippen molar-refractivity contribution in [3.63, 3.8) is 0 Å². The van der Waals surface area contributed by atoms with E-state index in [1.807, 2.05) is 6.92 Å². The van der Waals surface area contributed by atoms with E-state index in [2.05, 4.69) is 15.7 Å². The molecule has 1 fully saturated rings. The molecule has 0 saturated carbocycles. The van der Waals surface area contributed by atoms with E-state index in [9.17, 15) is 13.6 Å². The van der Waals surface area contributed by atoms with Gasteiger partial charge < -0.3 is 10.6 Å². The van der Waals surface area contributed by atoms with Gasteiger partial charge in [0, 0.05) is 24.4 Å². The Morgan fingerprint density at radius 2 is 2.23 bits per heavy atom. The molecule has 0 bridgehead atoms. The molecule has 1 aliphatic rings. The molecule has 1 amide bonds. The second-order valence-corrected chi connectivity index (χ2v) is 6.28. The molecule has 8 heteroatoms. The summed E-state index contributed by atoms with van der Waals surface area (Å²) in [6.07, 6.45) is 4.38. The molecule has 0 aliphatic carbocycles. The maximum atomic E-state index is 14.0. The lowest BCUT2D eigenvalue weighted by atomic mass is 10.0. The Morgan fingerprint density at radius 3 is 2.88 bits per heavy atom. The van der Waals surface area contributed by atoms with Gasteiger partial charge in [0.15, 0.2) is 0 Å². The quantitative estimate of drug-likeness (QED) is 0.830. The van der Waals surface area contributed by atoms with Gasteiger partial charge in [0.25, 0.3) is 5.91 Å². The van der Waals surface area contributed by atoms with Crippen LogP contribution in [-0.4, -0.2) is 28.8 Å². The topological polar surface area (TPSA) is 59.0 Å². The van der Waals surface area contributed by atoms with Crippen molar-refractivity contribution in [2.75, 3.05) is 13.1 Å². The zero-order chi connectivity index (χ0) is 17.8. The number of nitrogens with zero attached hydrogens (tertiary/aromatic N) is 2. The number of nitrogens with one attached hydrogen (secondary N) is 2. The standard InChI is InChI=1S/C18H22F2N4O.ClH/c1-2-16(14-6-5-12(19)10-15(14)20)22-18(25)17-7-9-24(23-17)13-4-3-8-21-11-13;/h5-7,9-10,13,16,21H,2-4,8,11H2,1H3,(H,22,25);1H. The first-order valence-electron chi connectivity index (χ1n) is 8.60. The van der Waals surface area contributed by atoms with E-state index in [4.69, 9.17) is 0 Å². The molecule has 1 aromatic carbocycles. The van der Waals surface area contributed by atoms with Crippen molar-refractivity contribution >= 4 is 18.3 Å². The monoisotopic (exact) mass is 384 g/mol. The lowest BCUT2D eigenvalue weighted by molar-refractivity contribution is 0.0928. The molecular formula is C18H23ClF2N4O. The minimum Gasteiger partial charge on any atom is -0.344 e. The summed E-state index contributed by atoms with van der Waals surface area (Å²) in [6, 6.07) is 4.76. The highest BCUT2D eigenvalue weighted by atomic mass is 35.5. The molecule has 3 rings (SSSR count). The first-order chi connectivity index (χ1) is 12.1. The third kappa shape index (κ3) is 4.59. The fourth-order valence-electron chi connectivity index (χ4n) is 3.14. The number of carbonyl (C=O) groups is 1. The molecule has 2 heterocycles. The largest absolute Gasteiger partial charge is 0.344 e. The third-order valence-corrected chi connectivity index (χ3v) is 4.54. The number of amides is 1. The summed E-state index contributed by atoms with van der Waals surface area (Å²) in [6.45, 7) is 3.67. The molecular weight excluding hydrogens is 362 g/mol. The fourth-order valence-corrected chi connectivity index (χ4v) is 3.14. The van der Waals surface area contributed by atoms with E-state index in [1.54, 1.807) is 16.9 Å². The fraction of sp³-hybridized carbons (Fsp3) is 0.444. The van der Waals surface area contributed by atoms with Crippen LogP contribution in [0.25, 0.3) is 0 Å². The Balaban J connectivity index is 0.00000243. The Hall–Kier alpha value is -1.99. The Morgan fingerprint density at radius 1 is 1.42 bits per heavy atom. The summed E-state index contributed by atoms with van der Waals surface area (Å²) in [5.74, 6) is -1.66. The van der Waals surface area contributed by atoms with Gasteiger partial charge in [-0.25, -0.2) is 8.78 Å². The summed E-state index contributed by atoms with van der Waals surface area (Å²) < 4.78 is 28.9. The first kappa shape index (κ1) is 20.3. The van der Waals surface area contributed by atoms with Gasteiger partial charge in [0.05, 0.1) is 12.1 Å². The summed E-state index contributed by atoms with van der Waals surface area (Å²) >= 11 is 0. The highest BCUT2D eigenvalue weighted by Gasteiger charge is 2.21. The average molecular weight is 385 g/mol. The number of hydrogen-bond acceptors (Lipinski definition) is 3. The lowest BCUT2D eigenvalue weighted by Crippen LogP contribution is -2.32. The predicted molar refractivity (Wildman–Crippen MR) is 97.5 cm³/mol. The molecule has 26 heavy (non-hydrogen) atoms. The highest BCUT2D eigenvalue weighted by molar-refractivity contribution is 5.92. The van der Waals surface area contributed by atoms with Gasteiger partial charge in [-0.15, -0.1) is 12.4 Å². The third-order valence-electron chi connectivity index (χ3n) is 4.54. The maximum Gasteiger partial charge on any atom is 0.272 e. The molecule has 2 aromatic rings. The Kier molecular flexibility index (Phi) is 7.11. The number of halogens is 3. The van der Waals surface area contributed by atoms with Gasteiger partial charge >= 0.3 is 0 Å². The van der Waals surface area contributed by atoms with Gasteiger partial charge in [-0.3, -0.25) is 9.48 Å². The summed E-state index contributed by atoms with van der Waals surface area (Å²) in [4.78, 5) is 12.5. The van der Waals surface area contributed by atoms with Gasteiger partial charge in [0.1, 0.15) is 17.3 Å². The molecule has 2 unspecified atom stereocenters. The summed E-state index contributed by atoms with van der Waals surface area (Å²) in [5.41, 5.74) is 0.569. The molecule has 2 N–H and O–H groups in total. The van der Waals surface area contributed by atoms with Crippen LogP contribution in [0.3, 0.4) is 0 Å². The normalized spacial score (nSPS) is 18.0. The number of carbonyl (C=O) groups excluding carboxylic acids is 1. The van der Waals surface area contributed by atoms with Crippen LogP contribution in [0.15, 0.2) is 30.5 Å². The van der Waals surface area contributed by atoms with Crippen molar-refractivity contribution in [3.8, 4) is 0 Å². The number of aromatic nitrogens is 2. The first-order valence-corrected chi connectivity index (χ1v) is 8.60. The second-order valence-electron chi connectivity index (χ2n) is 6.28. The Labute approximate surface area is 157 Å². The molecule has 1 saturated heterocycles. The van der Waals surface area contributed by atoms with Crippen LogP contribution in [0.4, 0.5) is 8.78 Å². The number of benzene rings is 1. The zero-order valence-electron chi connectivity index (χ0n) is 14.5. The second kappa shape index (κ2) is 9.09. The summed E-state index contributed by atoms with van der Waals surface area (Å²) in [7, 11) is 0. The minimum absolute atomic E-state index is 0. The van der Waals surface area contributed by atoms with Crippen molar-refractivity contribution in [2.45, 2.75) is 38.3 Å². The van der Waals surface area contributed by atoms with Crippen LogP contribution < -0.4 is 10.6 Å². The molecule has 1 aromatic heterocycles. The van der Waals surface area contributed by atoms with Gasteiger partial charge in [-0.2, -0.15) is 5.10 Å². The summed E-state index contributed by atoms with van der Waals surface area (Å²) in [5, 5.41) is 10.5. The predicted octanol–water partition coefficient (Wildman–Crippen LogP) is 3.39. The van der Waals surface area contributed by atoms with E-state index in [1.165, 1.54) is 12.1 Å². The molecule has 1 aliphatic heterocycles. The maximum absolute atomic E-state index is 14.0. The number of rotatable bonds is 5. The highest BCUT2D eigenvalue weighted by Crippen LogP contribution is 2.22. The van der Waals surface area contributed by atoms with Gasteiger partial charge in [0.2, 0.25) is 0 Å². The Bertz CT molecular complexity index is 747. The van der Waals surface area contributed by atoms with E-state index < -0.39 is 17.7 Å². The SMILES string of the molecule is CCC(NC(=O)c1ccn(C2CCCNC2)n1)c1ccc(F)cc1F.Cl. The van der Waals surface area contributed by atoms with Crippen molar-refractivity contribution in [1.29, 1.82) is 0 Å². The van der Waals surface area contributed by atoms with E-state index in [0.717, 1.165) is 32.0 Å². The van der Waals surface area contributed by atoms with E-state index in [0.29, 0.717) is 12.1 Å². The molecule has 5 nitrogen and oxygen atoms in total. The molecule has 2 atom stereocenters. The molecule has 0 spiro atoms. The van der Waals surface area contributed by atoms with Crippen molar-refractivity contribution in [2.24, 2.45) is 0 Å². The van der Waals surface area contributed by atoms with Crippen LogP contribution in [0, 0.1) is 11.6 Å². The zero-order valence-corrected chi connectivity index (χ0v) is 15.4. The van der Waals surface area contributed by atoms with Crippen LogP contribution in [0.1, 0.15) is 54.3 Å². The van der Waals surface area contributed by atoms with Crippen LogP contribution in [-0.2, 0) is 0 Å². The van der Waals surface area contributed by atoms with Crippen molar-refractivity contribution in [3.05, 3.63) is 53.4 Å². The van der Waals surface area contributed by atoms with Gasteiger partial charge in [-0.1, -0.05) is 13.0 Å². The lowest BCUT2D eigenvalue weighted by Gasteiger charge is -2.23. The number of hydrogen-bond donors (Lipinski definition) is 2. The van der Waals surface area contributed by atoms with Crippen LogP contribution in [0.5, 0.6) is 0 Å². The smallest absolute Gasteiger partial charge is 0.272 e. The van der Waals surface area contributed by atoms with E-state index >= 15 is 0 Å². The van der Waals surface area contributed by atoms with Gasteiger partial charge in [-0.05, 0) is 37.9 Å². The average Bonchev–Trinajstić information content (AvgIpc) is 3.11.